The van der Waals surface area contributed by atoms with Crippen molar-refractivity contribution in [2.45, 2.75) is 79.1 Å². The van der Waals surface area contributed by atoms with Crippen LogP contribution >= 0.6 is 0 Å². The molecular weight excluding hydrogens is 368 g/mol. The average molecular weight is 403 g/mol. The lowest BCUT2D eigenvalue weighted by molar-refractivity contribution is -0.181. The van der Waals surface area contributed by atoms with E-state index in [4.69, 9.17) is 14.2 Å². The van der Waals surface area contributed by atoms with Gasteiger partial charge in [0.25, 0.3) is 0 Å². The summed E-state index contributed by atoms with van der Waals surface area (Å²) in [6, 6.07) is 0. The lowest BCUT2D eigenvalue weighted by atomic mass is 9.74. The molecule has 1 aliphatic carbocycles. The van der Waals surface area contributed by atoms with Gasteiger partial charge in [0.2, 0.25) is 6.29 Å². The van der Waals surface area contributed by atoms with E-state index in [9.17, 15) is 9.59 Å². The summed E-state index contributed by atoms with van der Waals surface area (Å²) in [5.41, 5.74) is 4.43. The predicted molar refractivity (Wildman–Crippen MR) is 113 cm³/mol. The normalized spacial score (nSPS) is 27.3. The maximum absolute atomic E-state index is 11.8. The molecule has 3 unspecified atom stereocenters. The van der Waals surface area contributed by atoms with Crippen LogP contribution < -0.4 is 0 Å². The minimum absolute atomic E-state index is 0.0250. The van der Waals surface area contributed by atoms with E-state index in [2.05, 4.69) is 25.7 Å². The highest BCUT2D eigenvalue weighted by Gasteiger charge is 2.42. The highest BCUT2D eigenvalue weighted by molar-refractivity contribution is 5.67. The molecule has 29 heavy (non-hydrogen) atoms. The van der Waals surface area contributed by atoms with E-state index in [1.807, 2.05) is 13.8 Å². The maximum atomic E-state index is 11.8. The number of ether oxygens (including phenoxy) is 3. The molecule has 0 aromatic rings. The van der Waals surface area contributed by atoms with Crippen molar-refractivity contribution in [3.8, 4) is 0 Å². The van der Waals surface area contributed by atoms with Crippen LogP contribution in [0.3, 0.4) is 0 Å². The number of esters is 2. The van der Waals surface area contributed by atoms with Crippen molar-refractivity contribution in [2.24, 2.45) is 11.8 Å². The maximum Gasteiger partial charge on any atom is 0.305 e. The molecule has 0 aromatic heterocycles. The molecule has 160 valence electrons. The van der Waals surface area contributed by atoms with E-state index in [1.54, 1.807) is 6.26 Å². The molecule has 2 rings (SSSR count). The van der Waals surface area contributed by atoms with Gasteiger partial charge in [0.05, 0.1) is 12.2 Å². The fourth-order valence-electron chi connectivity index (χ4n) is 4.07. The summed E-state index contributed by atoms with van der Waals surface area (Å²) in [7, 11) is 0. The van der Waals surface area contributed by atoms with Gasteiger partial charge in [0.1, 0.15) is 6.10 Å². The topological polar surface area (TPSA) is 61.8 Å². The number of fused-ring (bicyclic) bond motifs is 1. The van der Waals surface area contributed by atoms with E-state index in [0.717, 1.165) is 42.4 Å². The second kappa shape index (κ2) is 10.5. The number of hydrogen-bond donors (Lipinski definition) is 0. The van der Waals surface area contributed by atoms with Crippen LogP contribution in [0.2, 0.25) is 0 Å². The molecule has 5 heteroatoms. The van der Waals surface area contributed by atoms with Crippen molar-refractivity contribution in [3.63, 3.8) is 0 Å². The Labute approximate surface area is 174 Å². The Balaban J connectivity index is 2.45. The molecule has 4 atom stereocenters. The van der Waals surface area contributed by atoms with Crippen molar-refractivity contribution in [1.29, 1.82) is 0 Å². The van der Waals surface area contributed by atoms with Crippen LogP contribution in [0.5, 0.6) is 0 Å². The second-order valence-corrected chi connectivity index (χ2v) is 8.27. The molecule has 0 saturated heterocycles. The Bertz CT molecular complexity index is 724. The van der Waals surface area contributed by atoms with Gasteiger partial charge in [-0.2, -0.15) is 0 Å². The molecule has 0 saturated carbocycles. The minimum Gasteiger partial charge on any atom is -0.462 e. The predicted octanol–water partition coefficient (Wildman–Crippen LogP) is 5.39. The summed E-state index contributed by atoms with van der Waals surface area (Å²) in [5, 5.41) is 0. The Morgan fingerprint density at radius 3 is 2.59 bits per heavy atom. The van der Waals surface area contributed by atoms with E-state index < -0.39 is 12.4 Å². The molecule has 0 fully saturated rings. The van der Waals surface area contributed by atoms with Crippen LogP contribution in [0.15, 0.2) is 47.3 Å². The molecule has 0 amide bonds. The zero-order chi connectivity index (χ0) is 21.6. The monoisotopic (exact) mass is 402 g/mol. The first-order valence-electron chi connectivity index (χ1n) is 10.4. The number of carbonyl (C=O) groups is 2. The lowest BCUT2D eigenvalue weighted by Crippen LogP contribution is -2.41. The third-order valence-electron chi connectivity index (χ3n) is 5.47. The summed E-state index contributed by atoms with van der Waals surface area (Å²) >= 11 is 0. The molecule has 1 heterocycles. The third-order valence-corrected chi connectivity index (χ3v) is 5.47. The molecular formula is C24H34O5. The highest BCUT2D eigenvalue weighted by atomic mass is 16.7. The first-order chi connectivity index (χ1) is 13.7. The third kappa shape index (κ3) is 6.62. The van der Waals surface area contributed by atoms with Crippen LogP contribution in [0, 0.1) is 11.8 Å². The quantitative estimate of drug-likeness (QED) is 0.456. The molecule has 5 nitrogen and oxygen atoms in total. The molecule has 0 radical (unpaired) electrons. The van der Waals surface area contributed by atoms with Gasteiger partial charge >= 0.3 is 11.9 Å². The smallest absolute Gasteiger partial charge is 0.305 e. The average Bonchev–Trinajstić information content (AvgIpc) is 2.68. The Hall–Kier alpha value is -2.30. The lowest BCUT2D eigenvalue weighted by Gasteiger charge is -2.40. The van der Waals surface area contributed by atoms with Gasteiger partial charge < -0.3 is 14.2 Å². The van der Waals surface area contributed by atoms with Gasteiger partial charge in [-0.25, -0.2) is 0 Å². The molecule has 1 aliphatic heterocycles. The van der Waals surface area contributed by atoms with Gasteiger partial charge in [0, 0.05) is 31.8 Å². The Morgan fingerprint density at radius 1 is 1.24 bits per heavy atom. The zero-order valence-electron chi connectivity index (χ0n) is 18.3. The van der Waals surface area contributed by atoms with Gasteiger partial charge in [-0.1, -0.05) is 35.5 Å². The van der Waals surface area contributed by atoms with Crippen LogP contribution in [0.4, 0.5) is 0 Å². The second-order valence-electron chi connectivity index (χ2n) is 8.27. The molecule has 0 spiro atoms. The number of allylic oxidation sites excluding steroid dienone is 3. The molecule has 0 aromatic carbocycles. The highest BCUT2D eigenvalue weighted by Crippen LogP contribution is 2.43. The van der Waals surface area contributed by atoms with Crippen molar-refractivity contribution in [3.05, 3.63) is 47.3 Å². The first kappa shape index (κ1) is 23.0. The van der Waals surface area contributed by atoms with Gasteiger partial charge in [0.15, 0.2) is 0 Å². The fraction of sp³-hybridized carbons (Fsp3) is 0.583. The number of hydrogen-bond acceptors (Lipinski definition) is 5. The first-order valence-corrected chi connectivity index (χ1v) is 10.4. The summed E-state index contributed by atoms with van der Waals surface area (Å²) in [6.07, 6.45) is 8.92. The SMILES string of the molecule is C=C1CC/C=C(\C)CCC2C(C(CC=C(C)C)OC(C)=O)=CO[C@H](OC(C)=O)C12. The van der Waals surface area contributed by atoms with Gasteiger partial charge in [-0.05, 0) is 46.5 Å². The zero-order valence-corrected chi connectivity index (χ0v) is 18.3. The van der Waals surface area contributed by atoms with Crippen LogP contribution in [0.25, 0.3) is 0 Å². The Kier molecular flexibility index (Phi) is 8.30. The van der Waals surface area contributed by atoms with E-state index in [-0.39, 0.29) is 23.8 Å². The fourth-order valence-corrected chi connectivity index (χ4v) is 4.07. The van der Waals surface area contributed by atoms with Crippen molar-refractivity contribution >= 4 is 11.9 Å². The van der Waals surface area contributed by atoms with Gasteiger partial charge in [-0.3, -0.25) is 9.59 Å². The van der Waals surface area contributed by atoms with E-state index in [0.29, 0.717) is 6.42 Å². The van der Waals surface area contributed by atoms with Crippen LogP contribution in [-0.2, 0) is 23.8 Å². The minimum atomic E-state index is -0.700. The van der Waals surface area contributed by atoms with Crippen LogP contribution in [-0.4, -0.2) is 24.3 Å². The number of rotatable bonds is 5. The molecule has 0 N–H and O–H groups in total. The van der Waals surface area contributed by atoms with Crippen molar-refractivity contribution in [2.75, 3.05) is 0 Å². The van der Waals surface area contributed by atoms with E-state index >= 15 is 0 Å². The molecule has 2 aliphatic rings. The summed E-state index contributed by atoms with van der Waals surface area (Å²) in [5.74, 6) is -0.844. The Morgan fingerprint density at radius 2 is 1.97 bits per heavy atom. The van der Waals surface area contributed by atoms with Gasteiger partial charge in [-0.15, -0.1) is 0 Å². The summed E-state index contributed by atoms with van der Waals surface area (Å²) in [6.45, 7) is 13.3. The standard InChI is InChI=1S/C24H34O5/c1-15(2)10-13-22(28-18(5)25)21-14-27-24(29-19(6)26)23-17(4)9-7-8-16(3)11-12-20(21)23/h8,10,14,20,22-24H,4,7,9,11-13H2,1-3,5-6H3/b16-8+/t20?,22?,23?,24-/m1/s1. The number of carbonyl (C=O) groups excluding carboxylic acids is 2. The van der Waals surface area contributed by atoms with Crippen molar-refractivity contribution < 1.29 is 23.8 Å². The summed E-state index contributed by atoms with van der Waals surface area (Å²) in [4.78, 5) is 23.5. The largest absolute Gasteiger partial charge is 0.462 e. The summed E-state index contributed by atoms with van der Waals surface area (Å²) < 4.78 is 17.1. The van der Waals surface area contributed by atoms with Crippen molar-refractivity contribution in [1.82, 2.24) is 0 Å². The molecule has 0 bridgehead atoms. The van der Waals surface area contributed by atoms with Crippen LogP contribution in [0.1, 0.15) is 66.7 Å². The van der Waals surface area contributed by atoms with E-state index in [1.165, 1.54) is 19.4 Å².